The number of nitrogens with one attached hydrogen (secondary N) is 1. The average Bonchev–Trinajstić information content (AvgIpc) is 2.30. The average molecular weight is 267 g/mol. The molecule has 0 radical (unpaired) electrons. The molecular weight excluding hydrogens is 256 g/mol. The number of carbonyl (C=O) groups excluding carboxylic acids is 1. The van der Waals surface area contributed by atoms with Gasteiger partial charge in [0.2, 0.25) is 5.91 Å². The van der Waals surface area contributed by atoms with Gasteiger partial charge < -0.3 is 4.42 Å². The molecule has 5 nitrogen and oxygen atoms in total. The highest BCUT2D eigenvalue weighted by molar-refractivity contribution is 6.31. The van der Waals surface area contributed by atoms with Gasteiger partial charge in [0.15, 0.2) is 0 Å². The summed E-state index contributed by atoms with van der Waals surface area (Å²) in [6, 6.07) is 4.61. The molecule has 0 aliphatic heterocycles. The number of hydrogen-bond donors (Lipinski definition) is 1. The van der Waals surface area contributed by atoms with E-state index in [9.17, 15) is 9.59 Å². The van der Waals surface area contributed by atoms with Gasteiger partial charge in [-0.2, -0.15) is 4.98 Å². The Balaban J connectivity index is 2.40. The number of hydrogen-bond acceptors (Lipinski definition) is 4. The largest absolute Gasteiger partial charge is 0.388 e. The van der Waals surface area contributed by atoms with Gasteiger partial charge in [-0.05, 0) is 24.6 Å². The maximum Gasteiger partial charge on any atom is 0.348 e. The first-order valence-corrected chi connectivity index (χ1v) is 5.88. The van der Waals surface area contributed by atoms with Crippen LogP contribution in [0.15, 0.2) is 27.4 Å². The van der Waals surface area contributed by atoms with Gasteiger partial charge >= 0.3 is 11.6 Å². The molecule has 0 aliphatic rings. The number of fused-ring (bicyclic) bond motifs is 1. The molecule has 1 aromatic carbocycles. The molecule has 1 aromatic heterocycles. The highest BCUT2D eigenvalue weighted by Gasteiger charge is 2.09. The van der Waals surface area contributed by atoms with E-state index < -0.39 is 5.63 Å². The minimum absolute atomic E-state index is 0.0896. The fourth-order valence-electron chi connectivity index (χ4n) is 1.51. The Labute approximate surface area is 108 Å². The molecule has 6 heteroatoms. The second-order valence-electron chi connectivity index (χ2n) is 3.77. The van der Waals surface area contributed by atoms with Crippen molar-refractivity contribution in [2.45, 2.75) is 19.8 Å². The smallest absolute Gasteiger partial charge is 0.348 e. The molecule has 1 heterocycles. The first-order valence-electron chi connectivity index (χ1n) is 5.50. The minimum Gasteiger partial charge on any atom is -0.388 e. The minimum atomic E-state index is -0.575. The summed E-state index contributed by atoms with van der Waals surface area (Å²) >= 11 is 5.78. The van der Waals surface area contributed by atoms with Crippen molar-refractivity contribution in [3.8, 4) is 0 Å². The summed E-state index contributed by atoms with van der Waals surface area (Å²) < 4.78 is 4.91. The fraction of sp³-hybridized carbons (Fsp3) is 0.250. The predicted octanol–water partition coefficient (Wildman–Crippen LogP) is 2.58. The van der Waals surface area contributed by atoms with E-state index in [1.807, 2.05) is 6.92 Å². The number of benzene rings is 1. The molecule has 2 rings (SSSR count). The maximum absolute atomic E-state index is 11.7. The molecule has 0 spiro atoms. The van der Waals surface area contributed by atoms with Crippen molar-refractivity contribution in [3.05, 3.63) is 33.6 Å². The quantitative estimate of drug-likeness (QED) is 0.927. The Morgan fingerprint density at radius 1 is 1.50 bits per heavy atom. The Hall–Kier alpha value is -1.88. The summed E-state index contributed by atoms with van der Waals surface area (Å²) in [6.45, 7) is 1.88. The Kier molecular flexibility index (Phi) is 3.62. The van der Waals surface area contributed by atoms with Crippen molar-refractivity contribution in [2.75, 3.05) is 5.32 Å². The lowest BCUT2D eigenvalue weighted by Crippen LogP contribution is -2.14. The van der Waals surface area contributed by atoms with Gasteiger partial charge in [-0.15, -0.1) is 0 Å². The van der Waals surface area contributed by atoms with Crippen LogP contribution in [0.3, 0.4) is 0 Å². The number of aromatic nitrogens is 1. The van der Waals surface area contributed by atoms with E-state index in [1.165, 1.54) is 6.07 Å². The third kappa shape index (κ3) is 2.68. The van der Waals surface area contributed by atoms with Crippen LogP contribution in [0.5, 0.6) is 0 Å². The Morgan fingerprint density at radius 2 is 2.28 bits per heavy atom. The van der Waals surface area contributed by atoms with Gasteiger partial charge in [0.25, 0.3) is 0 Å². The van der Waals surface area contributed by atoms with E-state index in [2.05, 4.69) is 10.3 Å². The van der Waals surface area contributed by atoms with E-state index in [1.54, 1.807) is 12.1 Å². The lowest BCUT2D eigenvalue weighted by Gasteiger charge is -2.03. The molecule has 2 aromatic rings. The molecule has 0 saturated carbocycles. The number of amides is 1. The van der Waals surface area contributed by atoms with Crippen LogP contribution in [0, 0.1) is 0 Å². The first kappa shape index (κ1) is 12.6. The summed E-state index contributed by atoms with van der Waals surface area (Å²) in [6.07, 6.45) is 1.06. The van der Waals surface area contributed by atoms with Crippen molar-refractivity contribution in [3.63, 3.8) is 0 Å². The molecule has 18 heavy (non-hydrogen) atoms. The van der Waals surface area contributed by atoms with Crippen LogP contribution in [0.4, 0.5) is 6.01 Å². The van der Waals surface area contributed by atoms with E-state index in [0.717, 1.165) is 0 Å². The maximum atomic E-state index is 11.7. The number of nitrogens with zero attached hydrogens (tertiary/aromatic N) is 1. The number of anilines is 1. The zero-order chi connectivity index (χ0) is 13.1. The number of rotatable bonds is 3. The van der Waals surface area contributed by atoms with Gasteiger partial charge in [0.05, 0.1) is 10.9 Å². The first-order chi connectivity index (χ1) is 8.60. The van der Waals surface area contributed by atoms with Gasteiger partial charge in [-0.1, -0.05) is 18.5 Å². The van der Waals surface area contributed by atoms with Crippen molar-refractivity contribution in [1.82, 2.24) is 4.98 Å². The number of carbonyl (C=O) groups is 1. The summed E-state index contributed by atoms with van der Waals surface area (Å²) in [5.41, 5.74) is -0.142. The van der Waals surface area contributed by atoms with Gasteiger partial charge in [-0.3, -0.25) is 10.1 Å². The topological polar surface area (TPSA) is 72.2 Å². The Morgan fingerprint density at radius 3 is 3.00 bits per heavy atom. The highest BCUT2D eigenvalue weighted by atomic mass is 35.5. The SMILES string of the molecule is CCCC(=O)Nc1nc2ccc(Cl)cc2c(=O)o1. The van der Waals surface area contributed by atoms with E-state index in [4.69, 9.17) is 16.0 Å². The third-order valence-electron chi connectivity index (χ3n) is 2.31. The van der Waals surface area contributed by atoms with Crippen LogP contribution in [-0.4, -0.2) is 10.9 Å². The molecule has 1 amide bonds. The molecule has 0 aliphatic carbocycles. The van der Waals surface area contributed by atoms with E-state index in [0.29, 0.717) is 23.4 Å². The van der Waals surface area contributed by atoms with Crippen molar-refractivity contribution in [1.29, 1.82) is 0 Å². The van der Waals surface area contributed by atoms with Crippen molar-refractivity contribution in [2.24, 2.45) is 0 Å². The standard InChI is InChI=1S/C12H11ClN2O3/c1-2-3-10(16)15-12-14-9-5-4-7(13)6-8(9)11(17)18-12/h4-6H,2-3H2,1H3,(H,14,15,16). The van der Waals surface area contributed by atoms with Crippen molar-refractivity contribution >= 4 is 34.4 Å². The van der Waals surface area contributed by atoms with Gasteiger partial charge in [-0.25, -0.2) is 4.79 Å². The molecule has 0 saturated heterocycles. The van der Waals surface area contributed by atoms with Crippen LogP contribution < -0.4 is 10.9 Å². The summed E-state index contributed by atoms with van der Waals surface area (Å²) in [7, 11) is 0. The Bertz CT molecular complexity index is 651. The fourth-order valence-corrected chi connectivity index (χ4v) is 1.68. The van der Waals surface area contributed by atoms with E-state index in [-0.39, 0.29) is 17.3 Å². The highest BCUT2D eigenvalue weighted by Crippen LogP contribution is 2.16. The zero-order valence-corrected chi connectivity index (χ0v) is 10.5. The van der Waals surface area contributed by atoms with Crippen LogP contribution in [0.2, 0.25) is 5.02 Å². The summed E-state index contributed by atoms with van der Waals surface area (Å²) in [5, 5.41) is 3.16. The van der Waals surface area contributed by atoms with Gasteiger partial charge in [0.1, 0.15) is 0 Å². The second-order valence-corrected chi connectivity index (χ2v) is 4.20. The third-order valence-corrected chi connectivity index (χ3v) is 2.55. The summed E-state index contributed by atoms with van der Waals surface area (Å²) in [4.78, 5) is 27.1. The zero-order valence-electron chi connectivity index (χ0n) is 9.70. The number of halogens is 1. The molecule has 1 N–H and O–H groups in total. The predicted molar refractivity (Wildman–Crippen MR) is 68.8 cm³/mol. The van der Waals surface area contributed by atoms with Crippen molar-refractivity contribution < 1.29 is 9.21 Å². The molecule has 94 valence electrons. The van der Waals surface area contributed by atoms with Gasteiger partial charge in [0, 0.05) is 11.4 Å². The van der Waals surface area contributed by atoms with Crippen LogP contribution in [0.1, 0.15) is 19.8 Å². The lowest BCUT2D eigenvalue weighted by atomic mass is 10.2. The lowest BCUT2D eigenvalue weighted by molar-refractivity contribution is -0.116. The van der Waals surface area contributed by atoms with E-state index >= 15 is 0 Å². The van der Waals surface area contributed by atoms with Crippen LogP contribution in [-0.2, 0) is 4.79 Å². The monoisotopic (exact) mass is 266 g/mol. The molecule has 0 atom stereocenters. The molecule has 0 bridgehead atoms. The molecule has 0 fully saturated rings. The normalized spacial score (nSPS) is 10.6. The van der Waals surface area contributed by atoms with Crippen LogP contribution >= 0.6 is 11.6 Å². The van der Waals surface area contributed by atoms with Crippen LogP contribution in [0.25, 0.3) is 10.9 Å². The summed E-state index contributed by atoms with van der Waals surface area (Å²) in [5.74, 6) is -0.235. The second kappa shape index (κ2) is 5.18. The molecular formula is C12H11ClN2O3. The molecule has 0 unspecified atom stereocenters.